The maximum atomic E-state index is 6.12. The number of para-hydroxylation sites is 1. The second-order valence-corrected chi connectivity index (χ2v) is 5.57. The molecule has 1 aromatic rings. The van der Waals surface area contributed by atoms with E-state index in [0.29, 0.717) is 12.0 Å². The first-order valence-electron chi connectivity index (χ1n) is 6.45. The zero-order valence-electron chi connectivity index (χ0n) is 10.1. The van der Waals surface area contributed by atoms with E-state index >= 15 is 0 Å². The first kappa shape index (κ1) is 9.72. The topological polar surface area (TPSA) is 12.5 Å². The van der Waals surface area contributed by atoms with Gasteiger partial charge in [-0.15, -0.1) is 0 Å². The molecule has 0 amide bonds. The third kappa shape index (κ3) is 1.25. The minimum Gasteiger partial charge on any atom is -0.368 e. The van der Waals surface area contributed by atoms with Gasteiger partial charge in [0.15, 0.2) is 0 Å². The van der Waals surface area contributed by atoms with Gasteiger partial charge in [-0.2, -0.15) is 0 Å². The highest BCUT2D eigenvalue weighted by molar-refractivity contribution is 5.55. The lowest BCUT2D eigenvalue weighted by Gasteiger charge is -2.24. The van der Waals surface area contributed by atoms with Crippen LogP contribution in [0.25, 0.3) is 0 Å². The molecule has 4 rings (SSSR count). The van der Waals surface area contributed by atoms with Gasteiger partial charge in [-0.05, 0) is 25.0 Å². The standard InChI is InChI=1S/C15H17NO/c1-11-4-2-3-5-14(11)16-9-12-8-13-6-7-15(12,10-16)17-13/h2-7,12-13H,8-10H2,1H3. The fraction of sp³-hybridized carbons (Fsp3) is 0.467. The number of aryl methyl sites for hydroxylation is 1. The van der Waals surface area contributed by atoms with E-state index in [0.717, 1.165) is 13.1 Å². The first-order chi connectivity index (χ1) is 8.27. The second kappa shape index (κ2) is 3.14. The summed E-state index contributed by atoms with van der Waals surface area (Å²) in [5.74, 6) is 0.692. The van der Waals surface area contributed by atoms with E-state index in [-0.39, 0.29) is 5.60 Å². The van der Waals surface area contributed by atoms with Crippen molar-refractivity contribution >= 4 is 5.69 Å². The first-order valence-corrected chi connectivity index (χ1v) is 6.45. The molecule has 0 radical (unpaired) electrons. The molecular formula is C15H17NO. The average Bonchev–Trinajstić information content (AvgIpc) is 2.95. The van der Waals surface area contributed by atoms with Crippen LogP contribution in [0, 0.1) is 12.8 Å². The van der Waals surface area contributed by atoms with E-state index in [2.05, 4.69) is 48.2 Å². The summed E-state index contributed by atoms with van der Waals surface area (Å²) in [6, 6.07) is 8.65. The van der Waals surface area contributed by atoms with E-state index in [9.17, 15) is 0 Å². The van der Waals surface area contributed by atoms with Gasteiger partial charge < -0.3 is 9.64 Å². The van der Waals surface area contributed by atoms with Gasteiger partial charge >= 0.3 is 0 Å². The molecule has 2 heteroatoms. The van der Waals surface area contributed by atoms with Crippen LogP contribution in [0.1, 0.15) is 12.0 Å². The molecular weight excluding hydrogens is 210 g/mol. The predicted octanol–water partition coefficient (Wildman–Crippen LogP) is 2.53. The maximum Gasteiger partial charge on any atom is 0.109 e. The molecule has 1 aromatic carbocycles. The van der Waals surface area contributed by atoms with Crippen LogP contribution >= 0.6 is 0 Å². The van der Waals surface area contributed by atoms with Crippen LogP contribution < -0.4 is 4.90 Å². The monoisotopic (exact) mass is 227 g/mol. The van der Waals surface area contributed by atoms with Crippen LogP contribution in [-0.4, -0.2) is 24.8 Å². The Bertz CT molecular complexity index is 495. The van der Waals surface area contributed by atoms with Crippen LogP contribution in [0.4, 0.5) is 5.69 Å². The molecule has 1 spiro atoms. The molecule has 0 saturated carbocycles. The van der Waals surface area contributed by atoms with Gasteiger partial charge in [0, 0.05) is 18.2 Å². The van der Waals surface area contributed by atoms with Crippen molar-refractivity contribution in [3.05, 3.63) is 42.0 Å². The van der Waals surface area contributed by atoms with Crippen molar-refractivity contribution in [3.63, 3.8) is 0 Å². The number of rotatable bonds is 1. The number of anilines is 1. The highest BCUT2D eigenvalue weighted by Gasteiger charge is 2.55. The highest BCUT2D eigenvalue weighted by atomic mass is 16.5. The Balaban J connectivity index is 1.68. The van der Waals surface area contributed by atoms with Gasteiger partial charge in [0.2, 0.25) is 0 Å². The average molecular weight is 227 g/mol. The molecule has 3 unspecified atom stereocenters. The summed E-state index contributed by atoms with van der Waals surface area (Å²) in [7, 11) is 0. The number of ether oxygens (including phenoxy) is 1. The zero-order chi connectivity index (χ0) is 11.5. The molecule has 2 saturated heterocycles. The Morgan fingerprint density at radius 2 is 2.24 bits per heavy atom. The quantitative estimate of drug-likeness (QED) is 0.684. The largest absolute Gasteiger partial charge is 0.368 e. The number of fused-ring (bicyclic) bond motifs is 1. The Morgan fingerprint density at radius 1 is 1.35 bits per heavy atom. The number of hydrogen-bond donors (Lipinski definition) is 0. The van der Waals surface area contributed by atoms with Gasteiger partial charge in [-0.25, -0.2) is 0 Å². The van der Waals surface area contributed by atoms with Crippen molar-refractivity contribution in [1.29, 1.82) is 0 Å². The molecule has 3 aliphatic heterocycles. The van der Waals surface area contributed by atoms with E-state index < -0.39 is 0 Å². The minimum absolute atomic E-state index is 0.0347. The van der Waals surface area contributed by atoms with Crippen molar-refractivity contribution in [2.75, 3.05) is 18.0 Å². The maximum absolute atomic E-state index is 6.12. The molecule has 0 aromatic heterocycles. The predicted molar refractivity (Wildman–Crippen MR) is 68.2 cm³/mol. The molecule has 2 nitrogen and oxygen atoms in total. The highest BCUT2D eigenvalue weighted by Crippen LogP contribution is 2.48. The van der Waals surface area contributed by atoms with Gasteiger partial charge in [0.05, 0.1) is 12.6 Å². The van der Waals surface area contributed by atoms with Crippen LogP contribution in [0.2, 0.25) is 0 Å². The normalized spacial score (nSPS) is 37.8. The summed E-state index contributed by atoms with van der Waals surface area (Å²) >= 11 is 0. The summed E-state index contributed by atoms with van der Waals surface area (Å²) < 4.78 is 6.12. The minimum atomic E-state index is 0.0347. The fourth-order valence-electron chi connectivity index (χ4n) is 3.65. The molecule has 0 aliphatic carbocycles. The zero-order valence-corrected chi connectivity index (χ0v) is 10.1. The lowest BCUT2D eigenvalue weighted by Crippen LogP contribution is -2.33. The van der Waals surface area contributed by atoms with Crippen molar-refractivity contribution in [1.82, 2.24) is 0 Å². The lowest BCUT2D eigenvalue weighted by molar-refractivity contribution is 0.0351. The van der Waals surface area contributed by atoms with Crippen molar-refractivity contribution in [3.8, 4) is 0 Å². The Kier molecular flexibility index (Phi) is 1.79. The second-order valence-electron chi connectivity index (χ2n) is 5.57. The van der Waals surface area contributed by atoms with E-state index in [1.54, 1.807) is 0 Å². The molecule has 0 N–H and O–H groups in total. The van der Waals surface area contributed by atoms with Crippen molar-refractivity contribution < 1.29 is 4.74 Å². The van der Waals surface area contributed by atoms with Crippen LogP contribution in [0.3, 0.4) is 0 Å². The fourth-order valence-corrected chi connectivity index (χ4v) is 3.65. The Morgan fingerprint density at radius 3 is 3.00 bits per heavy atom. The van der Waals surface area contributed by atoms with E-state index in [1.807, 2.05) is 0 Å². The molecule has 2 fully saturated rings. The molecule has 3 heterocycles. The van der Waals surface area contributed by atoms with Crippen LogP contribution in [0.15, 0.2) is 36.4 Å². The van der Waals surface area contributed by atoms with E-state index in [1.165, 1.54) is 17.7 Å². The van der Waals surface area contributed by atoms with Crippen LogP contribution in [-0.2, 0) is 4.74 Å². The molecule has 2 bridgehead atoms. The van der Waals surface area contributed by atoms with Gasteiger partial charge in [-0.1, -0.05) is 30.4 Å². The van der Waals surface area contributed by atoms with Gasteiger partial charge in [0.25, 0.3) is 0 Å². The smallest absolute Gasteiger partial charge is 0.109 e. The summed E-state index contributed by atoms with van der Waals surface area (Å²) in [6.45, 7) is 4.36. The molecule has 3 aliphatic rings. The number of hydrogen-bond acceptors (Lipinski definition) is 2. The third-order valence-electron chi connectivity index (χ3n) is 4.51. The summed E-state index contributed by atoms with van der Waals surface area (Å²) in [6.07, 6.45) is 6.17. The summed E-state index contributed by atoms with van der Waals surface area (Å²) in [5, 5.41) is 0. The van der Waals surface area contributed by atoms with Gasteiger partial charge in [-0.3, -0.25) is 0 Å². The Labute approximate surface area is 102 Å². The molecule has 3 atom stereocenters. The van der Waals surface area contributed by atoms with Gasteiger partial charge in [0.1, 0.15) is 5.60 Å². The van der Waals surface area contributed by atoms with E-state index in [4.69, 9.17) is 4.74 Å². The van der Waals surface area contributed by atoms with Crippen LogP contribution in [0.5, 0.6) is 0 Å². The summed E-state index contributed by atoms with van der Waals surface area (Å²) in [4.78, 5) is 2.49. The van der Waals surface area contributed by atoms with Crippen molar-refractivity contribution in [2.45, 2.75) is 25.0 Å². The third-order valence-corrected chi connectivity index (χ3v) is 4.51. The molecule has 17 heavy (non-hydrogen) atoms. The summed E-state index contributed by atoms with van der Waals surface area (Å²) in [5.41, 5.74) is 2.77. The Hall–Kier alpha value is -1.28. The van der Waals surface area contributed by atoms with Crippen molar-refractivity contribution in [2.24, 2.45) is 5.92 Å². The number of nitrogens with zero attached hydrogens (tertiary/aromatic N) is 1. The SMILES string of the molecule is Cc1ccccc1N1CC2CC3C=CC2(C1)O3. The lowest BCUT2D eigenvalue weighted by atomic mass is 9.86. The molecule has 88 valence electrons. The number of benzene rings is 1.